The van der Waals surface area contributed by atoms with Crippen molar-refractivity contribution in [3.63, 3.8) is 0 Å². The summed E-state index contributed by atoms with van der Waals surface area (Å²) in [6, 6.07) is 10.9. The highest BCUT2D eigenvalue weighted by atomic mass is 32.2. The fourth-order valence-corrected chi connectivity index (χ4v) is 3.38. The normalized spacial score (nSPS) is 16.6. The summed E-state index contributed by atoms with van der Waals surface area (Å²) in [4.78, 5) is 14.6. The Hall–Kier alpha value is -2.05. The number of aryl methyl sites for hydroxylation is 1. The molecule has 1 fully saturated rings. The van der Waals surface area contributed by atoms with Crippen LogP contribution in [0.3, 0.4) is 0 Å². The van der Waals surface area contributed by atoms with E-state index in [4.69, 9.17) is 21.4 Å². The summed E-state index contributed by atoms with van der Waals surface area (Å²) in [5, 5.41) is 0. The molecule has 2 aromatic rings. The van der Waals surface area contributed by atoms with Crippen molar-refractivity contribution in [1.29, 1.82) is 0 Å². The minimum Gasteiger partial charge on any atom is -0.497 e. The zero-order valence-electron chi connectivity index (χ0n) is 12.0. The number of methoxy groups -OCH3 is 1. The van der Waals surface area contributed by atoms with Gasteiger partial charge in [-0.05, 0) is 31.2 Å². The van der Waals surface area contributed by atoms with Crippen molar-refractivity contribution in [3.8, 4) is 5.75 Å². The van der Waals surface area contributed by atoms with Gasteiger partial charge in [-0.3, -0.25) is 9.69 Å². The third kappa shape index (κ3) is 2.80. The van der Waals surface area contributed by atoms with E-state index in [1.807, 2.05) is 37.3 Å². The lowest BCUT2D eigenvalue weighted by Gasteiger charge is -2.15. The number of thiocarbonyl (C=S) groups is 1. The maximum atomic E-state index is 12.6. The van der Waals surface area contributed by atoms with Gasteiger partial charge < -0.3 is 9.15 Å². The van der Waals surface area contributed by atoms with Crippen molar-refractivity contribution >= 4 is 46.0 Å². The van der Waals surface area contributed by atoms with Gasteiger partial charge in [-0.15, -0.1) is 0 Å². The van der Waals surface area contributed by atoms with Gasteiger partial charge in [0.1, 0.15) is 17.3 Å². The van der Waals surface area contributed by atoms with Crippen LogP contribution in [-0.4, -0.2) is 17.3 Å². The van der Waals surface area contributed by atoms with Crippen LogP contribution in [0.25, 0.3) is 6.08 Å². The molecule has 0 spiro atoms. The molecule has 1 aromatic carbocycles. The van der Waals surface area contributed by atoms with Gasteiger partial charge in [0.05, 0.1) is 17.7 Å². The maximum Gasteiger partial charge on any atom is 0.270 e. The molecule has 1 aromatic heterocycles. The average molecular weight is 331 g/mol. The predicted octanol–water partition coefficient (Wildman–Crippen LogP) is 4.00. The quantitative estimate of drug-likeness (QED) is 0.628. The van der Waals surface area contributed by atoms with Crippen LogP contribution < -0.4 is 9.64 Å². The number of anilines is 1. The van der Waals surface area contributed by atoms with Crippen molar-refractivity contribution in [2.45, 2.75) is 6.92 Å². The van der Waals surface area contributed by atoms with Gasteiger partial charge in [0.25, 0.3) is 5.91 Å². The van der Waals surface area contributed by atoms with Crippen LogP contribution in [0.4, 0.5) is 5.69 Å². The van der Waals surface area contributed by atoms with Crippen LogP contribution in [0.5, 0.6) is 5.75 Å². The van der Waals surface area contributed by atoms with E-state index in [9.17, 15) is 4.79 Å². The van der Waals surface area contributed by atoms with Gasteiger partial charge in [0, 0.05) is 12.1 Å². The number of benzene rings is 1. The highest BCUT2D eigenvalue weighted by Gasteiger charge is 2.33. The Morgan fingerprint density at radius 2 is 2.14 bits per heavy atom. The zero-order chi connectivity index (χ0) is 15.7. The van der Waals surface area contributed by atoms with Crippen molar-refractivity contribution in [1.82, 2.24) is 0 Å². The van der Waals surface area contributed by atoms with Crippen molar-refractivity contribution in [3.05, 3.63) is 52.8 Å². The molecule has 22 heavy (non-hydrogen) atoms. The SMILES string of the molecule is COc1cccc(N2C(=O)/C(=C/c3ccc(C)o3)SC2=S)c1. The van der Waals surface area contributed by atoms with E-state index in [1.165, 1.54) is 16.7 Å². The number of thioether (sulfide) groups is 1. The standard InChI is InChI=1S/C16H13NO3S2/c1-10-6-7-13(20-10)9-14-15(18)17(16(21)22-14)11-4-3-5-12(8-11)19-2/h3-9H,1-2H3/b14-9-. The Balaban J connectivity index is 1.92. The van der Waals surface area contributed by atoms with E-state index in [-0.39, 0.29) is 5.91 Å². The Morgan fingerprint density at radius 1 is 1.32 bits per heavy atom. The molecule has 1 amide bonds. The van der Waals surface area contributed by atoms with E-state index < -0.39 is 0 Å². The molecule has 3 rings (SSSR count). The molecule has 112 valence electrons. The number of carbonyl (C=O) groups is 1. The first-order chi connectivity index (χ1) is 10.6. The molecule has 4 nitrogen and oxygen atoms in total. The van der Waals surface area contributed by atoms with E-state index in [0.29, 0.717) is 26.4 Å². The van der Waals surface area contributed by atoms with E-state index in [1.54, 1.807) is 19.3 Å². The lowest BCUT2D eigenvalue weighted by Crippen LogP contribution is -2.27. The zero-order valence-corrected chi connectivity index (χ0v) is 13.7. The van der Waals surface area contributed by atoms with Crippen molar-refractivity contribution in [2.75, 3.05) is 12.0 Å². The molecular formula is C16H13NO3S2. The van der Waals surface area contributed by atoms with Gasteiger partial charge >= 0.3 is 0 Å². The molecule has 6 heteroatoms. The molecule has 0 aliphatic carbocycles. The van der Waals surface area contributed by atoms with Gasteiger partial charge in [-0.25, -0.2) is 0 Å². The summed E-state index contributed by atoms with van der Waals surface area (Å²) < 4.78 is 11.2. The molecular weight excluding hydrogens is 318 g/mol. The van der Waals surface area contributed by atoms with Crippen LogP contribution in [0, 0.1) is 6.92 Å². The molecule has 0 unspecified atom stereocenters. The topological polar surface area (TPSA) is 42.7 Å². The van der Waals surface area contributed by atoms with E-state index >= 15 is 0 Å². The second kappa shape index (κ2) is 5.98. The molecule has 0 saturated carbocycles. The summed E-state index contributed by atoms with van der Waals surface area (Å²) >= 11 is 6.60. The first-order valence-corrected chi connectivity index (χ1v) is 7.79. The second-order valence-electron chi connectivity index (χ2n) is 4.67. The van der Waals surface area contributed by atoms with Crippen LogP contribution in [0.2, 0.25) is 0 Å². The van der Waals surface area contributed by atoms with Crippen LogP contribution in [0.1, 0.15) is 11.5 Å². The molecule has 1 aliphatic heterocycles. The Morgan fingerprint density at radius 3 is 2.82 bits per heavy atom. The summed E-state index contributed by atoms with van der Waals surface area (Å²) in [7, 11) is 1.59. The number of ether oxygens (including phenoxy) is 1. The van der Waals surface area contributed by atoms with Gasteiger partial charge in [0.2, 0.25) is 0 Å². The minimum atomic E-state index is -0.155. The number of carbonyl (C=O) groups excluding carboxylic acids is 1. The Bertz CT molecular complexity index is 779. The third-order valence-corrected chi connectivity index (χ3v) is 4.44. The van der Waals surface area contributed by atoms with Gasteiger partial charge in [-0.2, -0.15) is 0 Å². The fourth-order valence-electron chi connectivity index (χ4n) is 2.10. The number of rotatable bonds is 3. The molecule has 1 aliphatic rings. The molecule has 0 N–H and O–H groups in total. The molecule has 0 bridgehead atoms. The highest BCUT2D eigenvalue weighted by molar-refractivity contribution is 8.27. The minimum absolute atomic E-state index is 0.155. The predicted molar refractivity (Wildman–Crippen MR) is 92.1 cm³/mol. The molecule has 0 radical (unpaired) electrons. The summed E-state index contributed by atoms with van der Waals surface area (Å²) in [5.74, 6) is 1.97. The maximum absolute atomic E-state index is 12.6. The Labute approximate surface area is 137 Å². The molecule has 1 saturated heterocycles. The molecule has 0 atom stereocenters. The summed E-state index contributed by atoms with van der Waals surface area (Å²) in [6.45, 7) is 1.86. The fraction of sp³-hybridized carbons (Fsp3) is 0.125. The largest absolute Gasteiger partial charge is 0.497 e. The Kier molecular flexibility index (Phi) is 4.04. The van der Waals surface area contributed by atoms with Gasteiger partial charge in [-0.1, -0.05) is 30.0 Å². The van der Waals surface area contributed by atoms with Crippen molar-refractivity contribution < 1.29 is 13.9 Å². The number of amides is 1. The second-order valence-corrected chi connectivity index (χ2v) is 6.34. The highest BCUT2D eigenvalue weighted by Crippen LogP contribution is 2.37. The number of furan rings is 1. The average Bonchev–Trinajstić information content (AvgIpc) is 3.03. The van der Waals surface area contributed by atoms with Crippen LogP contribution >= 0.6 is 24.0 Å². The first-order valence-electron chi connectivity index (χ1n) is 6.57. The van der Waals surface area contributed by atoms with Gasteiger partial charge in [0.15, 0.2) is 4.32 Å². The lowest BCUT2D eigenvalue weighted by atomic mass is 10.2. The number of nitrogens with zero attached hydrogens (tertiary/aromatic N) is 1. The van der Waals surface area contributed by atoms with E-state index in [2.05, 4.69) is 0 Å². The number of hydrogen-bond donors (Lipinski definition) is 0. The monoisotopic (exact) mass is 331 g/mol. The van der Waals surface area contributed by atoms with E-state index in [0.717, 1.165) is 5.76 Å². The smallest absolute Gasteiger partial charge is 0.270 e. The summed E-state index contributed by atoms with van der Waals surface area (Å²) in [5.41, 5.74) is 0.695. The van der Waals surface area contributed by atoms with Crippen LogP contribution in [-0.2, 0) is 4.79 Å². The van der Waals surface area contributed by atoms with Crippen molar-refractivity contribution in [2.24, 2.45) is 0 Å². The lowest BCUT2D eigenvalue weighted by molar-refractivity contribution is -0.113. The van der Waals surface area contributed by atoms with Crippen LogP contribution in [0.15, 0.2) is 45.7 Å². The summed E-state index contributed by atoms with van der Waals surface area (Å²) in [6.07, 6.45) is 1.71. The first kappa shape index (κ1) is 14.9. The third-order valence-electron chi connectivity index (χ3n) is 3.14. The number of hydrogen-bond acceptors (Lipinski definition) is 5. The molecule has 2 heterocycles.